The van der Waals surface area contributed by atoms with E-state index in [2.05, 4.69) is 4.98 Å². The van der Waals surface area contributed by atoms with E-state index in [-0.39, 0.29) is 17.3 Å². The van der Waals surface area contributed by atoms with E-state index < -0.39 is 22.7 Å². The highest BCUT2D eigenvalue weighted by molar-refractivity contribution is 5.87. The van der Waals surface area contributed by atoms with E-state index in [4.69, 9.17) is 0 Å². The summed E-state index contributed by atoms with van der Waals surface area (Å²) >= 11 is 0. The number of nitrogens with zero attached hydrogens (tertiary/aromatic N) is 2. The summed E-state index contributed by atoms with van der Waals surface area (Å²) in [5.74, 6) is -0.285. The molecule has 1 aliphatic heterocycles. The van der Waals surface area contributed by atoms with E-state index >= 15 is 0 Å². The summed E-state index contributed by atoms with van der Waals surface area (Å²) in [5, 5.41) is 10.6. The molecule has 3 aliphatic rings. The summed E-state index contributed by atoms with van der Waals surface area (Å²) in [6.45, 7) is 3.07. The Labute approximate surface area is 149 Å². The summed E-state index contributed by atoms with van der Waals surface area (Å²) in [6, 6.07) is 1.34. The van der Waals surface area contributed by atoms with Gasteiger partial charge in [0.1, 0.15) is 5.82 Å². The standard InChI is InChI=1S/C19H22FN3O3/c1-10-15-13(17(24)21-18(25)23(15)12-2-3-12)8-14(20)16(10)22-7-4-11(9-22)19(26)5-6-19/h8,11-12,26H,2-7,9H2,1H3,(H,21,24,25). The molecule has 6 nitrogen and oxygen atoms in total. The average molecular weight is 359 g/mol. The second-order valence-corrected chi connectivity index (χ2v) is 8.12. The van der Waals surface area contributed by atoms with Crippen LogP contribution in [0.15, 0.2) is 15.7 Å². The Bertz CT molecular complexity index is 1030. The highest BCUT2D eigenvalue weighted by Gasteiger charge is 2.50. The van der Waals surface area contributed by atoms with Crippen LogP contribution in [0.2, 0.25) is 0 Å². The molecule has 0 radical (unpaired) electrons. The molecule has 2 saturated carbocycles. The number of hydrogen-bond acceptors (Lipinski definition) is 4. The lowest BCUT2D eigenvalue weighted by atomic mass is 10.00. The van der Waals surface area contributed by atoms with Crippen LogP contribution in [0.4, 0.5) is 10.1 Å². The molecule has 0 bridgehead atoms. The third-order valence-corrected chi connectivity index (χ3v) is 6.33. The third-order valence-electron chi connectivity index (χ3n) is 6.33. The van der Waals surface area contributed by atoms with Crippen LogP contribution in [0.3, 0.4) is 0 Å². The van der Waals surface area contributed by atoms with E-state index in [0.29, 0.717) is 29.9 Å². The summed E-state index contributed by atoms with van der Waals surface area (Å²) in [4.78, 5) is 28.9. The van der Waals surface area contributed by atoms with Gasteiger partial charge in [-0.05, 0) is 45.1 Å². The van der Waals surface area contributed by atoms with Gasteiger partial charge < -0.3 is 10.0 Å². The second kappa shape index (κ2) is 5.19. The molecule has 1 aromatic carbocycles. The number of H-pyrrole nitrogens is 1. The summed E-state index contributed by atoms with van der Waals surface area (Å²) in [5.41, 5.74) is 0.108. The topological polar surface area (TPSA) is 78.3 Å². The van der Waals surface area contributed by atoms with Crippen LogP contribution in [0, 0.1) is 18.7 Å². The minimum atomic E-state index is -0.580. The van der Waals surface area contributed by atoms with Crippen molar-refractivity contribution >= 4 is 16.6 Å². The van der Waals surface area contributed by atoms with Crippen molar-refractivity contribution in [3.63, 3.8) is 0 Å². The number of rotatable bonds is 3. The average Bonchev–Trinajstić information content (AvgIpc) is 3.50. The fraction of sp³-hybridized carbons (Fsp3) is 0.579. The molecule has 1 saturated heterocycles. The van der Waals surface area contributed by atoms with Crippen molar-refractivity contribution in [1.82, 2.24) is 9.55 Å². The lowest BCUT2D eigenvalue weighted by Crippen LogP contribution is -2.32. The Morgan fingerprint density at radius 2 is 2.00 bits per heavy atom. The van der Waals surface area contributed by atoms with E-state index in [1.807, 2.05) is 4.90 Å². The highest BCUT2D eigenvalue weighted by Crippen LogP contribution is 2.47. The van der Waals surface area contributed by atoms with Crippen LogP contribution >= 0.6 is 0 Å². The number of aromatic nitrogens is 2. The Morgan fingerprint density at radius 1 is 1.27 bits per heavy atom. The minimum Gasteiger partial charge on any atom is -0.390 e. The molecular weight excluding hydrogens is 337 g/mol. The number of halogens is 1. The number of aromatic amines is 1. The summed E-state index contributed by atoms with van der Waals surface area (Å²) in [7, 11) is 0. The predicted molar refractivity (Wildman–Crippen MR) is 96.3 cm³/mol. The van der Waals surface area contributed by atoms with Gasteiger partial charge in [0.05, 0.1) is 22.2 Å². The normalized spacial score (nSPS) is 24.4. The molecule has 0 amide bonds. The van der Waals surface area contributed by atoms with Gasteiger partial charge in [-0.15, -0.1) is 0 Å². The van der Waals surface area contributed by atoms with Gasteiger partial charge in [-0.2, -0.15) is 0 Å². The van der Waals surface area contributed by atoms with Gasteiger partial charge >= 0.3 is 5.69 Å². The zero-order valence-electron chi connectivity index (χ0n) is 14.7. The molecule has 1 unspecified atom stereocenters. The molecule has 3 fully saturated rings. The summed E-state index contributed by atoms with van der Waals surface area (Å²) < 4.78 is 16.6. The smallest absolute Gasteiger partial charge is 0.329 e. The first-order chi connectivity index (χ1) is 12.4. The third kappa shape index (κ3) is 2.26. The fourth-order valence-corrected chi connectivity index (χ4v) is 4.57. The fourth-order valence-electron chi connectivity index (χ4n) is 4.57. The number of aryl methyl sites for hydroxylation is 1. The minimum absolute atomic E-state index is 0.0809. The second-order valence-electron chi connectivity index (χ2n) is 8.12. The Hall–Kier alpha value is -2.15. The Kier molecular flexibility index (Phi) is 3.20. The zero-order chi connectivity index (χ0) is 18.2. The first-order valence-corrected chi connectivity index (χ1v) is 9.34. The lowest BCUT2D eigenvalue weighted by molar-refractivity contribution is 0.0922. The van der Waals surface area contributed by atoms with Crippen molar-refractivity contribution < 1.29 is 9.50 Å². The number of aliphatic hydroxyl groups is 1. The molecule has 2 N–H and O–H groups in total. The van der Waals surface area contributed by atoms with Crippen LogP contribution in [-0.2, 0) is 0 Å². The maximum atomic E-state index is 15.0. The number of nitrogens with one attached hydrogen (secondary N) is 1. The van der Waals surface area contributed by atoms with Crippen molar-refractivity contribution in [3.05, 3.63) is 38.3 Å². The predicted octanol–water partition coefficient (Wildman–Crippen LogP) is 1.82. The van der Waals surface area contributed by atoms with Crippen molar-refractivity contribution in [2.75, 3.05) is 18.0 Å². The van der Waals surface area contributed by atoms with Gasteiger partial charge in [-0.25, -0.2) is 9.18 Å². The number of hydrogen-bond donors (Lipinski definition) is 2. The van der Waals surface area contributed by atoms with Crippen LogP contribution in [0.25, 0.3) is 10.9 Å². The molecule has 2 aliphatic carbocycles. The Balaban J connectivity index is 1.68. The van der Waals surface area contributed by atoms with Gasteiger partial charge in [0, 0.05) is 30.6 Å². The van der Waals surface area contributed by atoms with E-state index in [1.165, 1.54) is 6.07 Å². The van der Waals surface area contributed by atoms with Crippen molar-refractivity contribution in [1.29, 1.82) is 0 Å². The highest BCUT2D eigenvalue weighted by atomic mass is 19.1. The summed E-state index contributed by atoms with van der Waals surface area (Å²) in [6.07, 6.45) is 4.26. The molecule has 1 atom stereocenters. The van der Waals surface area contributed by atoms with E-state index in [9.17, 15) is 19.1 Å². The molecule has 26 heavy (non-hydrogen) atoms. The van der Waals surface area contributed by atoms with E-state index in [1.54, 1.807) is 11.5 Å². The molecule has 2 aromatic rings. The monoisotopic (exact) mass is 359 g/mol. The first-order valence-electron chi connectivity index (χ1n) is 9.34. The molecule has 138 valence electrons. The lowest BCUT2D eigenvalue weighted by Gasteiger charge is -2.24. The van der Waals surface area contributed by atoms with Gasteiger partial charge in [0.15, 0.2) is 0 Å². The maximum Gasteiger partial charge on any atom is 0.329 e. The van der Waals surface area contributed by atoms with Gasteiger partial charge in [-0.1, -0.05) is 0 Å². The molecule has 5 rings (SSSR count). The number of benzene rings is 1. The maximum absolute atomic E-state index is 15.0. The number of anilines is 1. The van der Waals surface area contributed by atoms with E-state index in [0.717, 1.165) is 32.1 Å². The molecule has 2 heterocycles. The quantitative estimate of drug-likeness (QED) is 0.876. The van der Waals surface area contributed by atoms with Gasteiger partial charge in [0.25, 0.3) is 5.56 Å². The van der Waals surface area contributed by atoms with Crippen molar-refractivity contribution in [2.45, 2.75) is 50.7 Å². The first kappa shape index (κ1) is 16.1. The largest absolute Gasteiger partial charge is 0.390 e. The number of fused-ring (bicyclic) bond motifs is 1. The van der Waals surface area contributed by atoms with Gasteiger partial charge in [0.2, 0.25) is 0 Å². The van der Waals surface area contributed by atoms with Crippen LogP contribution in [-0.4, -0.2) is 33.3 Å². The van der Waals surface area contributed by atoms with Crippen LogP contribution in [0.5, 0.6) is 0 Å². The van der Waals surface area contributed by atoms with Crippen molar-refractivity contribution in [3.8, 4) is 0 Å². The van der Waals surface area contributed by atoms with Crippen LogP contribution in [0.1, 0.15) is 43.7 Å². The molecule has 1 aromatic heterocycles. The van der Waals surface area contributed by atoms with Gasteiger partial charge in [-0.3, -0.25) is 14.3 Å². The van der Waals surface area contributed by atoms with Crippen LogP contribution < -0.4 is 16.1 Å². The molecule has 0 spiro atoms. The Morgan fingerprint density at radius 3 is 2.65 bits per heavy atom. The molecular formula is C19H22FN3O3. The SMILES string of the molecule is Cc1c(N2CCC(C3(O)CC3)C2)c(F)cc2c(=O)[nH]c(=O)n(C3CC3)c12. The molecule has 7 heteroatoms. The zero-order valence-corrected chi connectivity index (χ0v) is 14.7. The van der Waals surface area contributed by atoms with Crippen molar-refractivity contribution in [2.24, 2.45) is 5.92 Å².